The third kappa shape index (κ3) is 4.61. The Labute approximate surface area is 206 Å². The van der Waals surface area contributed by atoms with Crippen molar-refractivity contribution in [2.75, 3.05) is 24.0 Å². The summed E-state index contributed by atoms with van der Waals surface area (Å²) in [7, 11) is 0. The van der Waals surface area contributed by atoms with Gasteiger partial charge in [0.1, 0.15) is 6.67 Å². The number of aryl methyl sites for hydroxylation is 2. The molecule has 0 saturated heterocycles. The SMILES string of the molecule is Cc1ccc2c(NC/N=C(\N)NCNc3ccc(C)c4sc5ccccc5c(=O)c34)ccnc2c1. The Kier molecular flexibility index (Phi) is 6.20. The summed E-state index contributed by atoms with van der Waals surface area (Å²) < 4.78 is 1.98. The van der Waals surface area contributed by atoms with Crippen LogP contribution in [0.5, 0.6) is 0 Å². The number of aliphatic imine (C=N–C) groups is 1. The summed E-state index contributed by atoms with van der Waals surface area (Å²) in [5, 5.41) is 12.1. The van der Waals surface area contributed by atoms with E-state index in [9.17, 15) is 4.79 Å². The van der Waals surface area contributed by atoms with Gasteiger partial charge in [0.05, 0.1) is 17.6 Å². The minimum Gasteiger partial charge on any atom is -0.370 e. The van der Waals surface area contributed by atoms with E-state index in [-0.39, 0.29) is 5.43 Å². The summed E-state index contributed by atoms with van der Waals surface area (Å²) in [5.41, 5.74) is 11.0. The van der Waals surface area contributed by atoms with Gasteiger partial charge in [0.25, 0.3) is 0 Å². The number of benzene rings is 3. The first-order valence-corrected chi connectivity index (χ1v) is 12.1. The molecule has 0 radical (unpaired) electrons. The molecule has 176 valence electrons. The van der Waals surface area contributed by atoms with Crippen LogP contribution in [-0.4, -0.2) is 24.3 Å². The van der Waals surface area contributed by atoms with Crippen LogP contribution in [0.3, 0.4) is 0 Å². The summed E-state index contributed by atoms with van der Waals surface area (Å²) >= 11 is 1.63. The van der Waals surface area contributed by atoms with Gasteiger partial charge in [-0.2, -0.15) is 0 Å². The van der Waals surface area contributed by atoms with Crippen LogP contribution in [0.25, 0.3) is 31.1 Å². The van der Waals surface area contributed by atoms with Gasteiger partial charge in [0.2, 0.25) is 0 Å². The molecule has 3 aromatic carbocycles. The molecule has 2 aromatic heterocycles. The summed E-state index contributed by atoms with van der Waals surface area (Å²) in [6.45, 7) is 4.73. The molecule has 8 heteroatoms. The van der Waals surface area contributed by atoms with E-state index in [2.05, 4.69) is 44.1 Å². The van der Waals surface area contributed by atoms with Gasteiger partial charge in [-0.1, -0.05) is 30.3 Å². The Morgan fingerprint density at radius 2 is 1.86 bits per heavy atom. The average Bonchev–Trinajstić information content (AvgIpc) is 2.85. The van der Waals surface area contributed by atoms with Crippen molar-refractivity contribution in [3.05, 3.63) is 88.2 Å². The number of pyridine rings is 1. The number of hydrogen-bond acceptors (Lipinski definition) is 6. The molecular formula is C27H26N6OS. The molecule has 0 fully saturated rings. The van der Waals surface area contributed by atoms with E-state index in [0.717, 1.165) is 42.6 Å². The summed E-state index contributed by atoms with van der Waals surface area (Å²) in [6.07, 6.45) is 1.78. The highest BCUT2D eigenvalue weighted by molar-refractivity contribution is 7.24. The van der Waals surface area contributed by atoms with Crippen molar-refractivity contribution in [2.24, 2.45) is 10.7 Å². The number of hydrogen-bond donors (Lipinski definition) is 4. The summed E-state index contributed by atoms with van der Waals surface area (Å²) in [4.78, 5) is 22.0. The lowest BCUT2D eigenvalue weighted by Gasteiger charge is -2.13. The molecule has 35 heavy (non-hydrogen) atoms. The van der Waals surface area contributed by atoms with Gasteiger partial charge < -0.3 is 21.7 Å². The molecule has 0 saturated carbocycles. The normalized spacial score (nSPS) is 11.8. The van der Waals surface area contributed by atoms with Crippen LogP contribution in [0.4, 0.5) is 11.4 Å². The van der Waals surface area contributed by atoms with Crippen LogP contribution < -0.4 is 27.1 Å². The Morgan fingerprint density at radius 3 is 2.74 bits per heavy atom. The highest BCUT2D eigenvalue weighted by Gasteiger charge is 2.12. The fourth-order valence-corrected chi connectivity index (χ4v) is 5.26. The molecule has 0 aliphatic carbocycles. The molecule has 0 aliphatic heterocycles. The first-order chi connectivity index (χ1) is 17.0. The van der Waals surface area contributed by atoms with E-state index in [1.165, 1.54) is 5.56 Å². The van der Waals surface area contributed by atoms with Crippen LogP contribution in [-0.2, 0) is 0 Å². The van der Waals surface area contributed by atoms with Gasteiger partial charge in [0, 0.05) is 37.7 Å². The number of nitrogens with zero attached hydrogens (tertiary/aromatic N) is 2. The van der Waals surface area contributed by atoms with E-state index < -0.39 is 0 Å². The zero-order valence-electron chi connectivity index (χ0n) is 19.6. The van der Waals surface area contributed by atoms with Crippen LogP contribution in [0.2, 0.25) is 0 Å². The summed E-state index contributed by atoms with van der Waals surface area (Å²) in [6, 6.07) is 19.8. The topological polar surface area (TPSA) is 104 Å². The lowest BCUT2D eigenvalue weighted by Crippen LogP contribution is -2.36. The second-order valence-corrected chi connectivity index (χ2v) is 9.40. The van der Waals surface area contributed by atoms with E-state index in [1.54, 1.807) is 17.5 Å². The Balaban J connectivity index is 1.27. The monoisotopic (exact) mass is 482 g/mol. The molecule has 0 atom stereocenters. The van der Waals surface area contributed by atoms with Gasteiger partial charge in [0.15, 0.2) is 11.4 Å². The van der Waals surface area contributed by atoms with Crippen molar-refractivity contribution in [3.8, 4) is 0 Å². The molecule has 7 nitrogen and oxygen atoms in total. The minimum atomic E-state index is 0.0335. The van der Waals surface area contributed by atoms with Crippen LogP contribution in [0.15, 0.2) is 76.6 Å². The minimum absolute atomic E-state index is 0.0335. The number of guanidine groups is 1. The number of nitrogens with two attached hydrogens (primary N) is 1. The number of aromatic nitrogens is 1. The molecule has 0 unspecified atom stereocenters. The maximum absolute atomic E-state index is 13.2. The lowest BCUT2D eigenvalue weighted by molar-refractivity contribution is 0.948. The molecule has 5 N–H and O–H groups in total. The van der Waals surface area contributed by atoms with Crippen molar-refractivity contribution in [2.45, 2.75) is 13.8 Å². The maximum Gasteiger partial charge on any atom is 0.197 e. The third-order valence-electron chi connectivity index (χ3n) is 5.89. The first-order valence-electron chi connectivity index (χ1n) is 11.3. The van der Waals surface area contributed by atoms with Crippen molar-refractivity contribution >= 4 is 59.7 Å². The zero-order chi connectivity index (χ0) is 24.4. The van der Waals surface area contributed by atoms with Gasteiger partial charge in [-0.3, -0.25) is 9.78 Å². The van der Waals surface area contributed by atoms with E-state index in [4.69, 9.17) is 5.73 Å². The number of anilines is 2. The maximum atomic E-state index is 13.2. The average molecular weight is 483 g/mol. The molecule has 2 heterocycles. The Bertz CT molecular complexity index is 1640. The van der Waals surface area contributed by atoms with Gasteiger partial charge in [-0.05, 0) is 55.3 Å². The van der Waals surface area contributed by atoms with Gasteiger partial charge >= 0.3 is 0 Å². The first kappa shape index (κ1) is 22.6. The zero-order valence-corrected chi connectivity index (χ0v) is 20.4. The quantitative estimate of drug-likeness (QED) is 0.118. The van der Waals surface area contributed by atoms with Crippen molar-refractivity contribution in [1.29, 1.82) is 0 Å². The molecule has 0 amide bonds. The largest absolute Gasteiger partial charge is 0.370 e. The molecule has 0 bridgehead atoms. The lowest BCUT2D eigenvalue weighted by atomic mass is 10.1. The Hall–Kier alpha value is -4.17. The Morgan fingerprint density at radius 1 is 1.00 bits per heavy atom. The van der Waals surface area contributed by atoms with Gasteiger partial charge in [-0.15, -0.1) is 11.3 Å². The fourth-order valence-electron chi connectivity index (χ4n) is 4.09. The standard InChI is InChI=1S/C27H26N6OS/c1-16-7-9-18-20(11-12-29-22(18)13-16)30-14-32-27(28)33-15-31-21-10-8-17(2)26-24(21)25(34)19-5-3-4-6-23(19)35-26/h3-13,31H,14-15H2,1-2H3,(H,29,30)(H3,28,32,33). The fraction of sp³-hybridized carbons (Fsp3) is 0.148. The summed E-state index contributed by atoms with van der Waals surface area (Å²) in [5.74, 6) is 0.297. The number of rotatable bonds is 6. The molecule has 0 spiro atoms. The van der Waals surface area contributed by atoms with Crippen molar-refractivity contribution in [1.82, 2.24) is 10.3 Å². The highest BCUT2D eigenvalue weighted by Crippen LogP contribution is 2.31. The predicted molar refractivity (Wildman–Crippen MR) is 149 cm³/mol. The van der Waals surface area contributed by atoms with Crippen LogP contribution in [0, 0.1) is 13.8 Å². The second kappa shape index (κ2) is 9.60. The number of nitrogens with one attached hydrogen (secondary N) is 3. The van der Waals surface area contributed by atoms with E-state index >= 15 is 0 Å². The van der Waals surface area contributed by atoms with Crippen molar-refractivity contribution < 1.29 is 0 Å². The van der Waals surface area contributed by atoms with Crippen molar-refractivity contribution in [3.63, 3.8) is 0 Å². The molecular weight excluding hydrogens is 456 g/mol. The third-order valence-corrected chi connectivity index (χ3v) is 7.20. The molecule has 0 aliphatic rings. The smallest absolute Gasteiger partial charge is 0.197 e. The predicted octanol–water partition coefficient (Wildman–Crippen LogP) is 4.92. The molecule has 5 aromatic rings. The van der Waals surface area contributed by atoms with Gasteiger partial charge in [-0.25, -0.2) is 4.99 Å². The van der Waals surface area contributed by atoms with Crippen LogP contribution in [0.1, 0.15) is 11.1 Å². The highest BCUT2D eigenvalue weighted by atomic mass is 32.1. The molecule has 5 rings (SSSR count). The van der Waals surface area contributed by atoms with Crippen LogP contribution >= 0.6 is 11.3 Å². The van der Waals surface area contributed by atoms with E-state index in [0.29, 0.717) is 24.7 Å². The second-order valence-electron chi connectivity index (χ2n) is 8.35. The number of fused-ring (bicyclic) bond motifs is 3. The van der Waals surface area contributed by atoms with E-state index in [1.807, 2.05) is 56.3 Å².